The quantitative estimate of drug-likeness (QED) is 0.572. The van der Waals surface area contributed by atoms with Crippen molar-refractivity contribution in [1.29, 1.82) is 0 Å². The third-order valence-electron chi connectivity index (χ3n) is 5.73. The minimum atomic E-state index is 0.0941. The van der Waals surface area contributed by atoms with E-state index in [1.54, 1.807) is 14.2 Å². The first-order chi connectivity index (χ1) is 15.1. The highest BCUT2D eigenvalue weighted by molar-refractivity contribution is 8.09. The number of methoxy groups -OCH3 is 2. The molecule has 0 saturated carbocycles. The Hall–Kier alpha value is -2.90. The standard InChI is InChI=1S/C24H25N4O2S/c1-15-11-22(24-25-20-10-9-19(30-4)12-21(20)26-24)28(13-15)27-14-23(31-16(27)2)17-5-7-18(29-3)8-6-17/h5-10,12,16,22H,1,11,13H2,2-4H3,(H,25,26)/t16?,22-/m0/s1. The van der Waals surface area contributed by atoms with Gasteiger partial charge in [-0.05, 0) is 43.2 Å². The molecule has 1 unspecified atom stereocenters. The molecule has 1 radical (unpaired) electrons. The van der Waals surface area contributed by atoms with Crippen LogP contribution in [0.15, 0.2) is 54.6 Å². The largest absolute Gasteiger partial charge is 0.497 e. The first kappa shape index (κ1) is 20.0. The maximum Gasteiger partial charge on any atom is 0.126 e. The van der Waals surface area contributed by atoms with Crippen LogP contribution in [0.3, 0.4) is 0 Å². The van der Waals surface area contributed by atoms with E-state index in [0.29, 0.717) is 0 Å². The fourth-order valence-corrected chi connectivity index (χ4v) is 5.16. The maximum absolute atomic E-state index is 5.35. The summed E-state index contributed by atoms with van der Waals surface area (Å²) in [6.07, 6.45) is 4.47. The Morgan fingerprint density at radius 1 is 1.13 bits per heavy atom. The molecule has 3 aromatic rings. The minimum Gasteiger partial charge on any atom is -0.497 e. The van der Waals surface area contributed by atoms with Gasteiger partial charge < -0.3 is 14.5 Å². The molecule has 5 rings (SSSR count). The molecule has 7 heteroatoms. The zero-order valence-corrected chi connectivity index (χ0v) is 18.7. The second kappa shape index (κ2) is 7.98. The summed E-state index contributed by atoms with van der Waals surface area (Å²) in [5, 5.41) is 4.77. The lowest BCUT2D eigenvalue weighted by Gasteiger charge is -2.34. The van der Waals surface area contributed by atoms with Crippen LogP contribution in [0, 0.1) is 6.20 Å². The monoisotopic (exact) mass is 433 g/mol. The molecule has 0 amide bonds. The molecule has 0 aliphatic carbocycles. The van der Waals surface area contributed by atoms with Crippen LogP contribution in [-0.4, -0.2) is 46.1 Å². The van der Waals surface area contributed by atoms with Gasteiger partial charge in [-0.1, -0.05) is 36.0 Å². The molecule has 1 aromatic heterocycles. The van der Waals surface area contributed by atoms with Gasteiger partial charge >= 0.3 is 0 Å². The summed E-state index contributed by atoms with van der Waals surface area (Å²) < 4.78 is 10.6. The number of hydrazine groups is 1. The highest BCUT2D eigenvalue weighted by Crippen LogP contribution is 2.44. The van der Waals surface area contributed by atoms with Gasteiger partial charge in [-0.15, -0.1) is 0 Å². The Balaban J connectivity index is 1.45. The molecule has 31 heavy (non-hydrogen) atoms. The number of hydrogen-bond acceptors (Lipinski definition) is 6. The van der Waals surface area contributed by atoms with Crippen molar-refractivity contribution in [2.24, 2.45) is 0 Å². The van der Waals surface area contributed by atoms with Gasteiger partial charge in [0.05, 0.1) is 42.9 Å². The highest BCUT2D eigenvalue weighted by atomic mass is 32.2. The van der Waals surface area contributed by atoms with Gasteiger partial charge in [0.25, 0.3) is 0 Å². The van der Waals surface area contributed by atoms with Gasteiger partial charge in [-0.25, -0.2) is 9.99 Å². The normalized spacial score (nSPS) is 21.7. The fourth-order valence-electron chi connectivity index (χ4n) is 4.13. The number of nitrogens with zero attached hydrogens (tertiary/aromatic N) is 3. The molecule has 6 nitrogen and oxygen atoms in total. The number of rotatable bonds is 5. The second-order valence-corrected chi connectivity index (χ2v) is 9.13. The number of thioether (sulfide) groups is 1. The Kier molecular flexibility index (Phi) is 5.16. The Bertz CT molecular complexity index is 1150. The first-order valence-electron chi connectivity index (χ1n) is 10.3. The number of fused-ring (bicyclic) bond motifs is 1. The second-order valence-electron chi connectivity index (χ2n) is 7.80. The molecule has 3 heterocycles. The van der Waals surface area contributed by atoms with E-state index >= 15 is 0 Å². The van der Waals surface area contributed by atoms with Crippen LogP contribution in [-0.2, 0) is 0 Å². The summed E-state index contributed by atoms with van der Waals surface area (Å²) in [7, 11) is 3.36. The SMILES string of the molecule is C=C1C[C@@H](c2nc3cc(OC)ccc3[nH]2)N(N2[C]=C(c3ccc(OC)cc3)SC2C)C1. The predicted octanol–water partition coefficient (Wildman–Crippen LogP) is 4.99. The molecule has 2 aliphatic rings. The average molecular weight is 434 g/mol. The van der Waals surface area contributed by atoms with Crippen LogP contribution in [0.2, 0.25) is 0 Å². The van der Waals surface area contributed by atoms with E-state index in [1.165, 1.54) is 5.57 Å². The molecule has 0 bridgehead atoms. The molecule has 1 fully saturated rings. The van der Waals surface area contributed by atoms with Crippen molar-refractivity contribution in [2.45, 2.75) is 24.8 Å². The van der Waals surface area contributed by atoms with Crippen molar-refractivity contribution in [3.63, 3.8) is 0 Å². The van der Waals surface area contributed by atoms with E-state index in [-0.39, 0.29) is 11.4 Å². The van der Waals surface area contributed by atoms with Crippen molar-refractivity contribution in [3.8, 4) is 11.5 Å². The molecule has 1 N–H and O–H groups in total. The number of aromatic amines is 1. The van der Waals surface area contributed by atoms with Crippen molar-refractivity contribution >= 4 is 27.7 Å². The van der Waals surface area contributed by atoms with Gasteiger partial charge in [0, 0.05) is 17.5 Å². The van der Waals surface area contributed by atoms with Crippen LogP contribution < -0.4 is 9.47 Å². The molecular weight excluding hydrogens is 408 g/mol. The summed E-state index contributed by atoms with van der Waals surface area (Å²) in [6, 6.07) is 14.2. The lowest BCUT2D eigenvalue weighted by atomic mass is 10.2. The van der Waals surface area contributed by atoms with E-state index in [4.69, 9.17) is 14.5 Å². The zero-order chi connectivity index (χ0) is 21.5. The first-order valence-corrected chi connectivity index (χ1v) is 11.1. The molecule has 1 saturated heterocycles. The van der Waals surface area contributed by atoms with Crippen LogP contribution >= 0.6 is 11.8 Å². The molecule has 159 valence electrons. The number of imidazole rings is 1. The van der Waals surface area contributed by atoms with Gasteiger partial charge in [-0.3, -0.25) is 5.01 Å². The topological polar surface area (TPSA) is 53.6 Å². The Morgan fingerprint density at radius 3 is 2.61 bits per heavy atom. The predicted molar refractivity (Wildman–Crippen MR) is 124 cm³/mol. The number of aromatic nitrogens is 2. The number of hydrogen-bond donors (Lipinski definition) is 1. The van der Waals surface area contributed by atoms with Gasteiger partial charge in [0.2, 0.25) is 0 Å². The molecule has 0 spiro atoms. The van der Waals surface area contributed by atoms with E-state index in [1.807, 2.05) is 42.1 Å². The van der Waals surface area contributed by atoms with Crippen molar-refractivity contribution < 1.29 is 9.47 Å². The van der Waals surface area contributed by atoms with Gasteiger partial charge in [-0.2, -0.15) is 0 Å². The molecule has 2 atom stereocenters. The van der Waals surface area contributed by atoms with E-state index in [2.05, 4.69) is 46.8 Å². The maximum atomic E-state index is 5.35. The Morgan fingerprint density at radius 2 is 1.87 bits per heavy atom. The number of ether oxygens (including phenoxy) is 2. The van der Waals surface area contributed by atoms with Crippen LogP contribution in [0.1, 0.15) is 30.8 Å². The third kappa shape index (κ3) is 3.68. The lowest BCUT2D eigenvalue weighted by Crippen LogP contribution is -2.41. The molecular formula is C24H25N4O2S. The summed E-state index contributed by atoms with van der Waals surface area (Å²) in [5.74, 6) is 2.61. The smallest absolute Gasteiger partial charge is 0.126 e. The van der Waals surface area contributed by atoms with Crippen molar-refractivity contribution in [2.75, 3.05) is 20.8 Å². The van der Waals surface area contributed by atoms with E-state index in [9.17, 15) is 0 Å². The van der Waals surface area contributed by atoms with Crippen LogP contribution in [0.25, 0.3) is 15.9 Å². The summed E-state index contributed by atoms with van der Waals surface area (Å²) >= 11 is 1.81. The highest BCUT2D eigenvalue weighted by Gasteiger charge is 2.38. The molecule has 2 aliphatic heterocycles. The summed E-state index contributed by atoms with van der Waals surface area (Å²) in [4.78, 5) is 9.51. The minimum absolute atomic E-state index is 0.0941. The summed E-state index contributed by atoms with van der Waals surface area (Å²) in [6.45, 7) is 7.26. The van der Waals surface area contributed by atoms with Crippen LogP contribution in [0.4, 0.5) is 0 Å². The zero-order valence-electron chi connectivity index (χ0n) is 17.9. The average Bonchev–Trinajstić information content (AvgIpc) is 3.49. The number of H-pyrrole nitrogens is 1. The number of nitrogens with one attached hydrogen (secondary N) is 1. The van der Waals surface area contributed by atoms with Crippen molar-refractivity contribution in [3.05, 3.63) is 72.2 Å². The Labute approximate surface area is 186 Å². The van der Waals surface area contributed by atoms with Crippen molar-refractivity contribution in [1.82, 2.24) is 20.0 Å². The lowest BCUT2D eigenvalue weighted by molar-refractivity contribution is -0.00383. The third-order valence-corrected chi connectivity index (χ3v) is 6.83. The van der Waals surface area contributed by atoms with Gasteiger partial charge in [0.15, 0.2) is 0 Å². The van der Waals surface area contributed by atoms with Crippen LogP contribution in [0.5, 0.6) is 11.5 Å². The van der Waals surface area contributed by atoms with E-state index < -0.39 is 0 Å². The molecule has 2 aromatic carbocycles. The van der Waals surface area contributed by atoms with Gasteiger partial charge in [0.1, 0.15) is 17.3 Å². The fraction of sp³-hybridized carbons (Fsp3) is 0.292. The summed E-state index contributed by atoms with van der Waals surface area (Å²) in [5.41, 5.74) is 4.26. The number of benzene rings is 2. The van der Waals surface area contributed by atoms with E-state index in [0.717, 1.165) is 51.8 Å².